The van der Waals surface area contributed by atoms with E-state index < -0.39 is 5.97 Å². The predicted molar refractivity (Wildman–Crippen MR) is 59.6 cm³/mol. The number of rotatable bonds is 2. The summed E-state index contributed by atoms with van der Waals surface area (Å²) in [6.07, 6.45) is 1.02. The number of carboxylic acids is 1. The molecule has 3 nitrogen and oxygen atoms in total. The molecule has 0 atom stereocenters. The van der Waals surface area contributed by atoms with E-state index in [4.69, 9.17) is 5.11 Å². The van der Waals surface area contributed by atoms with E-state index in [9.17, 15) is 4.79 Å². The standard InChI is InChI=1S/C12H15NO2/c1-8(2)13-6-5-9-3-4-10(12(14)15)7-11(9)13/h3-4,7-8H,5-6H2,1-2H3,(H,14,15). The van der Waals surface area contributed by atoms with E-state index >= 15 is 0 Å². The third-order valence-electron chi connectivity index (χ3n) is 2.89. The molecule has 0 unspecified atom stereocenters. The lowest BCUT2D eigenvalue weighted by Crippen LogP contribution is -2.28. The normalized spacial score (nSPS) is 14.5. The molecule has 15 heavy (non-hydrogen) atoms. The van der Waals surface area contributed by atoms with Crippen LogP contribution >= 0.6 is 0 Å². The minimum atomic E-state index is -0.853. The Morgan fingerprint density at radius 2 is 2.20 bits per heavy atom. The highest BCUT2D eigenvalue weighted by Gasteiger charge is 2.22. The number of hydrogen-bond donors (Lipinski definition) is 1. The second-order valence-corrected chi connectivity index (χ2v) is 4.19. The zero-order valence-corrected chi connectivity index (χ0v) is 9.03. The lowest BCUT2D eigenvalue weighted by Gasteiger charge is -2.24. The molecule has 1 aliphatic heterocycles. The van der Waals surface area contributed by atoms with E-state index in [2.05, 4.69) is 18.7 Å². The Morgan fingerprint density at radius 1 is 1.47 bits per heavy atom. The molecule has 3 heteroatoms. The van der Waals surface area contributed by atoms with Crippen molar-refractivity contribution in [3.8, 4) is 0 Å². The van der Waals surface area contributed by atoms with Crippen LogP contribution in [0.3, 0.4) is 0 Å². The molecule has 0 spiro atoms. The van der Waals surface area contributed by atoms with Crippen LogP contribution in [0.2, 0.25) is 0 Å². The minimum absolute atomic E-state index is 0.376. The summed E-state index contributed by atoms with van der Waals surface area (Å²) in [5.74, 6) is -0.853. The van der Waals surface area contributed by atoms with Crippen molar-refractivity contribution >= 4 is 11.7 Å². The fourth-order valence-corrected chi connectivity index (χ4v) is 2.07. The third kappa shape index (κ3) is 1.69. The Bertz CT molecular complexity index is 399. The number of anilines is 1. The minimum Gasteiger partial charge on any atom is -0.478 e. The van der Waals surface area contributed by atoms with Crippen molar-refractivity contribution in [3.05, 3.63) is 29.3 Å². The van der Waals surface area contributed by atoms with Crippen molar-refractivity contribution in [3.63, 3.8) is 0 Å². The van der Waals surface area contributed by atoms with Crippen LogP contribution in [0.1, 0.15) is 29.8 Å². The molecular weight excluding hydrogens is 190 g/mol. The van der Waals surface area contributed by atoms with E-state index in [0.29, 0.717) is 11.6 Å². The zero-order valence-electron chi connectivity index (χ0n) is 9.03. The maximum atomic E-state index is 10.9. The summed E-state index contributed by atoms with van der Waals surface area (Å²) in [6.45, 7) is 5.25. The monoisotopic (exact) mass is 205 g/mol. The summed E-state index contributed by atoms with van der Waals surface area (Å²) in [7, 11) is 0. The molecule has 1 heterocycles. The largest absolute Gasteiger partial charge is 0.478 e. The maximum Gasteiger partial charge on any atom is 0.335 e. The molecule has 2 rings (SSSR count). The molecule has 0 fully saturated rings. The first-order chi connectivity index (χ1) is 7.09. The molecule has 0 saturated heterocycles. The second-order valence-electron chi connectivity index (χ2n) is 4.19. The first-order valence-corrected chi connectivity index (χ1v) is 5.22. The zero-order chi connectivity index (χ0) is 11.0. The van der Waals surface area contributed by atoms with Gasteiger partial charge in [0, 0.05) is 18.3 Å². The van der Waals surface area contributed by atoms with Gasteiger partial charge in [0.15, 0.2) is 0 Å². The van der Waals surface area contributed by atoms with Gasteiger partial charge in [0.05, 0.1) is 5.56 Å². The van der Waals surface area contributed by atoms with E-state index in [0.717, 1.165) is 18.7 Å². The molecule has 1 N–H and O–H groups in total. The number of hydrogen-bond acceptors (Lipinski definition) is 2. The average molecular weight is 205 g/mol. The molecule has 0 amide bonds. The first-order valence-electron chi connectivity index (χ1n) is 5.22. The van der Waals surface area contributed by atoms with Gasteiger partial charge in [-0.1, -0.05) is 6.07 Å². The highest BCUT2D eigenvalue weighted by atomic mass is 16.4. The third-order valence-corrected chi connectivity index (χ3v) is 2.89. The SMILES string of the molecule is CC(C)N1CCc2ccc(C(=O)O)cc21. The van der Waals surface area contributed by atoms with Crippen molar-refractivity contribution in [1.29, 1.82) is 0 Å². The lowest BCUT2D eigenvalue weighted by atomic mass is 10.1. The molecule has 80 valence electrons. The number of nitrogens with zero attached hydrogens (tertiary/aromatic N) is 1. The summed E-state index contributed by atoms with van der Waals surface area (Å²) in [5.41, 5.74) is 2.72. The Hall–Kier alpha value is -1.51. The maximum absolute atomic E-state index is 10.9. The van der Waals surface area contributed by atoms with E-state index in [-0.39, 0.29) is 0 Å². The van der Waals surface area contributed by atoms with Gasteiger partial charge >= 0.3 is 5.97 Å². The number of carbonyl (C=O) groups is 1. The van der Waals surface area contributed by atoms with Gasteiger partial charge in [-0.2, -0.15) is 0 Å². The van der Waals surface area contributed by atoms with E-state index in [1.807, 2.05) is 6.07 Å². The van der Waals surface area contributed by atoms with Gasteiger partial charge in [-0.25, -0.2) is 4.79 Å². The van der Waals surface area contributed by atoms with Crippen LogP contribution in [0.4, 0.5) is 5.69 Å². The van der Waals surface area contributed by atoms with Crippen molar-refractivity contribution in [2.75, 3.05) is 11.4 Å². The van der Waals surface area contributed by atoms with Crippen LogP contribution in [0.25, 0.3) is 0 Å². The molecule has 1 aromatic rings. The van der Waals surface area contributed by atoms with Gasteiger partial charge in [0.1, 0.15) is 0 Å². The summed E-state index contributed by atoms with van der Waals surface area (Å²) in [5, 5.41) is 8.92. The van der Waals surface area contributed by atoms with E-state index in [1.165, 1.54) is 5.56 Å². The van der Waals surface area contributed by atoms with Crippen LogP contribution in [0.15, 0.2) is 18.2 Å². The number of carboxylic acid groups (broad SMARTS) is 1. The van der Waals surface area contributed by atoms with Crippen LogP contribution < -0.4 is 4.90 Å². The van der Waals surface area contributed by atoms with Crippen LogP contribution in [0, 0.1) is 0 Å². The average Bonchev–Trinajstić information content (AvgIpc) is 2.59. The molecular formula is C12H15NO2. The molecule has 1 aliphatic rings. The van der Waals surface area contributed by atoms with Gasteiger partial charge < -0.3 is 10.0 Å². The Labute approximate surface area is 89.3 Å². The number of fused-ring (bicyclic) bond motifs is 1. The van der Waals surface area contributed by atoms with Crippen LogP contribution in [-0.4, -0.2) is 23.7 Å². The molecule has 0 aromatic heterocycles. The van der Waals surface area contributed by atoms with Crippen molar-refractivity contribution in [2.45, 2.75) is 26.3 Å². The topological polar surface area (TPSA) is 40.5 Å². The Kier molecular flexibility index (Phi) is 2.39. The smallest absolute Gasteiger partial charge is 0.335 e. The summed E-state index contributed by atoms with van der Waals surface area (Å²) >= 11 is 0. The molecule has 0 aliphatic carbocycles. The highest BCUT2D eigenvalue weighted by Crippen LogP contribution is 2.30. The Balaban J connectivity index is 2.42. The molecule has 0 saturated carbocycles. The van der Waals surface area contributed by atoms with Gasteiger partial charge in [-0.05, 0) is 38.0 Å². The van der Waals surface area contributed by atoms with Gasteiger partial charge in [-0.15, -0.1) is 0 Å². The number of aromatic carboxylic acids is 1. The van der Waals surface area contributed by atoms with E-state index in [1.54, 1.807) is 12.1 Å². The van der Waals surface area contributed by atoms with Crippen molar-refractivity contribution in [1.82, 2.24) is 0 Å². The summed E-state index contributed by atoms with van der Waals surface area (Å²) in [4.78, 5) is 13.1. The number of benzene rings is 1. The first kappa shape index (κ1) is 10.0. The van der Waals surface area contributed by atoms with Crippen LogP contribution in [0.5, 0.6) is 0 Å². The quantitative estimate of drug-likeness (QED) is 0.804. The van der Waals surface area contributed by atoms with Crippen molar-refractivity contribution < 1.29 is 9.90 Å². The predicted octanol–water partition coefficient (Wildman–Crippen LogP) is 2.16. The fraction of sp³-hybridized carbons (Fsp3) is 0.417. The lowest BCUT2D eigenvalue weighted by molar-refractivity contribution is 0.0697. The van der Waals surface area contributed by atoms with Gasteiger partial charge in [0.2, 0.25) is 0 Å². The summed E-state index contributed by atoms with van der Waals surface area (Å²) < 4.78 is 0. The van der Waals surface area contributed by atoms with Gasteiger partial charge in [-0.3, -0.25) is 0 Å². The molecule has 0 radical (unpaired) electrons. The fourth-order valence-electron chi connectivity index (χ4n) is 2.07. The highest BCUT2D eigenvalue weighted by molar-refractivity contribution is 5.89. The van der Waals surface area contributed by atoms with Crippen LogP contribution in [-0.2, 0) is 6.42 Å². The summed E-state index contributed by atoms with van der Waals surface area (Å²) in [6, 6.07) is 5.83. The van der Waals surface area contributed by atoms with Crippen molar-refractivity contribution in [2.24, 2.45) is 0 Å². The molecule has 0 bridgehead atoms. The van der Waals surface area contributed by atoms with Gasteiger partial charge in [0.25, 0.3) is 0 Å². The second kappa shape index (κ2) is 3.57. The Morgan fingerprint density at radius 3 is 2.80 bits per heavy atom. The molecule has 1 aromatic carbocycles.